The topological polar surface area (TPSA) is 84.0 Å². The number of rotatable bonds is 7. The Morgan fingerprint density at radius 1 is 1.14 bits per heavy atom. The number of anilines is 1. The monoisotopic (exact) mass is 306 g/mol. The van der Waals surface area contributed by atoms with Crippen LogP contribution in [0.3, 0.4) is 0 Å². The summed E-state index contributed by atoms with van der Waals surface area (Å²) in [6, 6.07) is 8.55. The normalized spacial score (nSPS) is 11.3. The van der Waals surface area contributed by atoms with Gasteiger partial charge in [-0.25, -0.2) is 18.1 Å². The highest BCUT2D eigenvalue weighted by Gasteiger charge is 2.14. The Kier molecular flexibility index (Phi) is 5.24. The summed E-state index contributed by atoms with van der Waals surface area (Å²) in [4.78, 5) is 8.30. The fourth-order valence-electron chi connectivity index (χ4n) is 1.65. The molecule has 0 saturated carbocycles. The van der Waals surface area contributed by atoms with Crippen molar-refractivity contribution >= 4 is 15.8 Å². The molecule has 0 spiro atoms. The summed E-state index contributed by atoms with van der Waals surface area (Å²) in [5.74, 6) is 0.667. The number of hydrogen-bond donors (Lipinski definition) is 2. The minimum atomic E-state index is -3.58. The molecule has 0 aliphatic carbocycles. The van der Waals surface area contributed by atoms with E-state index in [1.165, 1.54) is 12.3 Å². The molecular formula is C14H18N4O2S. The van der Waals surface area contributed by atoms with E-state index >= 15 is 0 Å². The van der Waals surface area contributed by atoms with Crippen molar-refractivity contribution in [3.05, 3.63) is 48.4 Å². The summed E-state index contributed by atoms with van der Waals surface area (Å²) in [6.07, 6.45) is 3.95. The summed E-state index contributed by atoms with van der Waals surface area (Å²) in [7, 11) is -3.58. The van der Waals surface area contributed by atoms with Crippen LogP contribution in [0.25, 0.3) is 0 Å². The molecule has 2 aromatic heterocycles. The molecule has 0 unspecified atom stereocenters. The standard InChI is InChI=1S/C14H18N4O2S/c1-2-8-16-14-7-6-13(11-17-14)21(19,20)18-10-12-5-3-4-9-15-12/h3-7,9,11,18H,2,8,10H2,1H3,(H,16,17). The molecule has 0 amide bonds. The molecule has 6 nitrogen and oxygen atoms in total. The van der Waals surface area contributed by atoms with E-state index in [1.807, 2.05) is 13.0 Å². The van der Waals surface area contributed by atoms with Crippen LogP contribution >= 0.6 is 0 Å². The zero-order chi connectivity index (χ0) is 15.1. The summed E-state index contributed by atoms with van der Waals surface area (Å²) in [6.45, 7) is 3.00. The van der Waals surface area contributed by atoms with E-state index in [0.29, 0.717) is 11.5 Å². The predicted molar refractivity (Wildman–Crippen MR) is 81.3 cm³/mol. The molecular weight excluding hydrogens is 288 g/mol. The molecule has 0 aliphatic heterocycles. The number of aromatic nitrogens is 2. The fourth-order valence-corrected chi connectivity index (χ4v) is 2.60. The lowest BCUT2D eigenvalue weighted by Gasteiger charge is -2.07. The maximum Gasteiger partial charge on any atom is 0.242 e. The Morgan fingerprint density at radius 2 is 2.00 bits per heavy atom. The van der Waals surface area contributed by atoms with E-state index in [1.54, 1.807) is 24.4 Å². The molecule has 2 N–H and O–H groups in total. The summed E-state index contributed by atoms with van der Waals surface area (Å²) >= 11 is 0. The van der Waals surface area contributed by atoms with Crippen molar-refractivity contribution in [3.8, 4) is 0 Å². The predicted octanol–water partition coefficient (Wildman–Crippen LogP) is 1.78. The Balaban J connectivity index is 2.02. The van der Waals surface area contributed by atoms with Crippen molar-refractivity contribution in [1.82, 2.24) is 14.7 Å². The maximum absolute atomic E-state index is 12.1. The van der Waals surface area contributed by atoms with Crippen LogP contribution in [-0.4, -0.2) is 24.9 Å². The van der Waals surface area contributed by atoms with E-state index in [2.05, 4.69) is 20.0 Å². The van der Waals surface area contributed by atoms with Gasteiger partial charge in [-0.3, -0.25) is 4.98 Å². The van der Waals surface area contributed by atoms with Gasteiger partial charge in [0.2, 0.25) is 10.0 Å². The zero-order valence-corrected chi connectivity index (χ0v) is 12.6. The average Bonchev–Trinajstić information content (AvgIpc) is 2.52. The minimum absolute atomic E-state index is 0.139. The van der Waals surface area contributed by atoms with Crippen LogP contribution in [0.2, 0.25) is 0 Å². The zero-order valence-electron chi connectivity index (χ0n) is 11.8. The van der Waals surface area contributed by atoms with Gasteiger partial charge in [-0.2, -0.15) is 0 Å². The van der Waals surface area contributed by atoms with Gasteiger partial charge in [0, 0.05) is 18.9 Å². The Hall–Kier alpha value is -1.99. The third-order valence-corrected chi connectivity index (χ3v) is 4.16. The van der Waals surface area contributed by atoms with E-state index in [-0.39, 0.29) is 11.4 Å². The van der Waals surface area contributed by atoms with Crippen LogP contribution in [0.5, 0.6) is 0 Å². The van der Waals surface area contributed by atoms with Gasteiger partial charge in [0.1, 0.15) is 10.7 Å². The van der Waals surface area contributed by atoms with E-state index in [9.17, 15) is 8.42 Å². The first kappa shape index (κ1) is 15.4. The van der Waals surface area contributed by atoms with E-state index in [0.717, 1.165) is 13.0 Å². The second-order valence-electron chi connectivity index (χ2n) is 4.45. The van der Waals surface area contributed by atoms with Crippen LogP contribution < -0.4 is 10.0 Å². The molecule has 21 heavy (non-hydrogen) atoms. The second kappa shape index (κ2) is 7.14. The molecule has 112 valence electrons. The van der Waals surface area contributed by atoms with E-state index in [4.69, 9.17) is 0 Å². The highest BCUT2D eigenvalue weighted by molar-refractivity contribution is 7.89. The molecule has 0 aliphatic rings. The van der Waals surface area contributed by atoms with Gasteiger partial charge in [0.25, 0.3) is 0 Å². The van der Waals surface area contributed by atoms with Gasteiger partial charge in [-0.05, 0) is 30.7 Å². The molecule has 0 fully saturated rings. The molecule has 0 bridgehead atoms. The van der Waals surface area contributed by atoms with Gasteiger partial charge >= 0.3 is 0 Å². The highest BCUT2D eigenvalue weighted by atomic mass is 32.2. The number of pyridine rings is 2. The Labute approximate surface area is 124 Å². The number of hydrogen-bond acceptors (Lipinski definition) is 5. The van der Waals surface area contributed by atoms with Crippen LogP contribution in [0.4, 0.5) is 5.82 Å². The number of nitrogens with one attached hydrogen (secondary N) is 2. The molecule has 0 aromatic carbocycles. The van der Waals surface area contributed by atoms with Crippen molar-refractivity contribution in [2.75, 3.05) is 11.9 Å². The lowest BCUT2D eigenvalue weighted by molar-refractivity contribution is 0.580. The van der Waals surface area contributed by atoms with Crippen molar-refractivity contribution in [3.63, 3.8) is 0 Å². The van der Waals surface area contributed by atoms with Crippen LogP contribution in [0.1, 0.15) is 19.0 Å². The maximum atomic E-state index is 12.1. The number of nitrogens with zero attached hydrogens (tertiary/aromatic N) is 2. The average molecular weight is 306 g/mol. The SMILES string of the molecule is CCCNc1ccc(S(=O)(=O)NCc2ccccn2)cn1. The fraction of sp³-hybridized carbons (Fsp3) is 0.286. The summed E-state index contributed by atoms with van der Waals surface area (Å²) < 4.78 is 26.8. The van der Waals surface area contributed by atoms with Gasteiger partial charge in [-0.1, -0.05) is 13.0 Å². The van der Waals surface area contributed by atoms with Crippen molar-refractivity contribution in [2.24, 2.45) is 0 Å². The lowest BCUT2D eigenvalue weighted by Crippen LogP contribution is -2.23. The quantitative estimate of drug-likeness (QED) is 0.814. The minimum Gasteiger partial charge on any atom is -0.370 e. The van der Waals surface area contributed by atoms with E-state index < -0.39 is 10.0 Å². The van der Waals surface area contributed by atoms with Gasteiger partial charge in [0.05, 0.1) is 12.2 Å². The third kappa shape index (κ3) is 4.51. The Morgan fingerprint density at radius 3 is 2.62 bits per heavy atom. The highest BCUT2D eigenvalue weighted by Crippen LogP contribution is 2.11. The van der Waals surface area contributed by atoms with Crippen LogP contribution in [0, 0.1) is 0 Å². The molecule has 2 aromatic rings. The van der Waals surface area contributed by atoms with Crippen LogP contribution in [-0.2, 0) is 16.6 Å². The largest absolute Gasteiger partial charge is 0.370 e. The molecule has 0 atom stereocenters. The van der Waals surface area contributed by atoms with Gasteiger partial charge in [-0.15, -0.1) is 0 Å². The summed E-state index contributed by atoms with van der Waals surface area (Å²) in [5.41, 5.74) is 0.662. The molecule has 0 radical (unpaired) electrons. The van der Waals surface area contributed by atoms with Gasteiger partial charge in [0.15, 0.2) is 0 Å². The third-order valence-electron chi connectivity index (χ3n) is 2.77. The smallest absolute Gasteiger partial charge is 0.242 e. The molecule has 0 saturated heterocycles. The second-order valence-corrected chi connectivity index (χ2v) is 6.22. The first-order chi connectivity index (χ1) is 10.1. The molecule has 2 rings (SSSR count). The Bertz CT molecular complexity index is 657. The molecule has 7 heteroatoms. The van der Waals surface area contributed by atoms with Crippen molar-refractivity contribution in [1.29, 1.82) is 0 Å². The first-order valence-electron chi connectivity index (χ1n) is 6.71. The van der Waals surface area contributed by atoms with Gasteiger partial charge < -0.3 is 5.32 Å². The van der Waals surface area contributed by atoms with Crippen molar-refractivity contribution < 1.29 is 8.42 Å². The number of sulfonamides is 1. The van der Waals surface area contributed by atoms with Crippen molar-refractivity contribution in [2.45, 2.75) is 24.8 Å². The lowest BCUT2D eigenvalue weighted by atomic mass is 10.4. The molecule has 2 heterocycles. The van der Waals surface area contributed by atoms with Crippen LogP contribution in [0.15, 0.2) is 47.6 Å². The first-order valence-corrected chi connectivity index (χ1v) is 8.19. The summed E-state index contributed by atoms with van der Waals surface area (Å²) in [5, 5.41) is 3.09.